The number of hydrogen-bond acceptors (Lipinski definition) is 3. The monoisotopic (exact) mass is 303 g/mol. The van der Waals surface area contributed by atoms with Gasteiger partial charge in [-0.3, -0.25) is 4.79 Å². The molecule has 1 heterocycles. The molecule has 0 bridgehead atoms. The molecule has 2 rings (SSSR count). The molecule has 0 saturated heterocycles. The zero-order chi connectivity index (χ0) is 16.3. The van der Waals surface area contributed by atoms with Crippen molar-refractivity contribution in [3.8, 4) is 0 Å². The fraction of sp³-hybridized carbons (Fsp3) is 0.412. The van der Waals surface area contributed by atoms with Gasteiger partial charge in [0.05, 0.1) is 5.52 Å². The van der Waals surface area contributed by atoms with Crippen LogP contribution in [0.4, 0.5) is 4.79 Å². The summed E-state index contributed by atoms with van der Waals surface area (Å²) in [7, 11) is 0. The van der Waals surface area contributed by atoms with E-state index in [1.54, 1.807) is 4.57 Å². The summed E-state index contributed by atoms with van der Waals surface area (Å²) in [5, 5.41) is 9.71. The van der Waals surface area contributed by atoms with E-state index in [1.807, 2.05) is 51.1 Å². The fourth-order valence-corrected chi connectivity index (χ4v) is 2.34. The molecule has 1 aromatic carbocycles. The number of nitrogens with zero attached hydrogens (tertiary/aromatic N) is 1. The lowest BCUT2D eigenvalue weighted by Gasteiger charge is -2.21. The second kappa shape index (κ2) is 6.22. The Morgan fingerprint density at radius 2 is 1.91 bits per heavy atom. The standard InChI is InChI=1S/C17H21NO4/c1-17(2,3)22-16(21)18-13(8-6-10-15(19)20)11-12-7-4-5-9-14(12)18/h4-5,7,9,11H,6,8,10H2,1-3H3,(H,19,20). The molecule has 1 aromatic heterocycles. The van der Waals surface area contributed by atoms with E-state index in [-0.39, 0.29) is 6.42 Å². The van der Waals surface area contributed by atoms with Crippen LogP contribution in [-0.2, 0) is 16.0 Å². The summed E-state index contributed by atoms with van der Waals surface area (Å²) < 4.78 is 7.01. The summed E-state index contributed by atoms with van der Waals surface area (Å²) in [5.41, 5.74) is 0.972. The Kier molecular flexibility index (Phi) is 4.54. The molecule has 1 N–H and O–H groups in total. The SMILES string of the molecule is CC(C)(C)OC(=O)n1c(CCCC(=O)O)cc2ccccc21. The number of aliphatic carboxylic acids is 1. The van der Waals surface area contributed by atoms with E-state index >= 15 is 0 Å². The van der Waals surface area contributed by atoms with Gasteiger partial charge in [-0.2, -0.15) is 0 Å². The van der Waals surface area contributed by atoms with Gasteiger partial charge >= 0.3 is 12.1 Å². The molecule has 0 radical (unpaired) electrons. The van der Waals surface area contributed by atoms with Gasteiger partial charge in [-0.15, -0.1) is 0 Å². The van der Waals surface area contributed by atoms with Crippen molar-refractivity contribution < 1.29 is 19.4 Å². The molecule has 2 aromatic rings. The van der Waals surface area contributed by atoms with Crippen molar-refractivity contribution >= 4 is 23.0 Å². The van der Waals surface area contributed by atoms with Crippen LogP contribution in [0, 0.1) is 0 Å². The van der Waals surface area contributed by atoms with Crippen LogP contribution >= 0.6 is 0 Å². The number of para-hydroxylation sites is 1. The first-order valence-corrected chi connectivity index (χ1v) is 7.32. The normalized spacial score (nSPS) is 11.6. The highest BCUT2D eigenvalue weighted by Gasteiger charge is 2.21. The first-order valence-electron chi connectivity index (χ1n) is 7.32. The molecule has 0 saturated carbocycles. The maximum absolute atomic E-state index is 12.5. The Balaban J connectivity index is 2.35. The molecule has 0 aliphatic carbocycles. The number of hydrogen-bond donors (Lipinski definition) is 1. The van der Waals surface area contributed by atoms with Crippen LogP contribution in [0.15, 0.2) is 30.3 Å². The number of rotatable bonds is 4. The topological polar surface area (TPSA) is 68.5 Å². The van der Waals surface area contributed by atoms with E-state index in [1.165, 1.54) is 0 Å². The second-order valence-corrected chi connectivity index (χ2v) is 6.26. The minimum atomic E-state index is -0.833. The van der Waals surface area contributed by atoms with Gasteiger partial charge in [0.2, 0.25) is 0 Å². The number of aromatic nitrogens is 1. The fourth-order valence-electron chi connectivity index (χ4n) is 2.34. The van der Waals surface area contributed by atoms with Gasteiger partial charge in [-0.25, -0.2) is 9.36 Å². The number of carboxylic acid groups (broad SMARTS) is 1. The van der Waals surface area contributed by atoms with Crippen molar-refractivity contribution in [1.82, 2.24) is 4.57 Å². The largest absolute Gasteiger partial charge is 0.481 e. The molecule has 118 valence electrons. The summed E-state index contributed by atoms with van der Waals surface area (Å²) in [5.74, 6) is -0.833. The lowest BCUT2D eigenvalue weighted by Crippen LogP contribution is -2.28. The van der Waals surface area contributed by atoms with E-state index < -0.39 is 17.7 Å². The van der Waals surface area contributed by atoms with Crippen LogP contribution in [0.1, 0.15) is 39.3 Å². The highest BCUT2D eigenvalue weighted by Crippen LogP contribution is 2.23. The maximum atomic E-state index is 12.5. The van der Waals surface area contributed by atoms with Crippen LogP contribution in [-0.4, -0.2) is 27.3 Å². The molecule has 0 amide bonds. The summed E-state index contributed by atoms with van der Waals surface area (Å²) in [6.07, 6.45) is 0.642. The lowest BCUT2D eigenvalue weighted by atomic mass is 10.2. The third-order valence-electron chi connectivity index (χ3n) is 3.19. The number of carboxylic acids is 1. The van der Waals surface area contributed by atoms with Gasteiger partial charge in [-0.1, -0.05) is 18.2 Å². The predicted molar refractivity (Wildman–Crippen MR) is 84.1 cm³/mol. The smallest absolute Gasteiger partial charge is 0.419 e. The third kappa shape index (κ3) is 3.87. The molecule has 0 aliphatic heterocycles. The Labute approximate surface area is 129 Å². The zero-order valence-corrected chi connectivity index (χ0v) is 13.1. The zero-order valence-electron chi connectivity index (χ0n) is 13.1. The molecular formula is C17H21NO4. The lowest BCUT2D eigenvalue weighted by molar-refractivity contribution is -0.137. The molecule has 5 nitrogen and oxygen atoms in total. The maximum Gasteiger partial charge on any atom is 0.419 e. The number of ether oxygens (including phenoxy) is 1. The second-order valence-electron chi connectivity index (χ2n) is 6.26. The van der Waals surface area contributed by atoms with Crippen LogP contribution in [0.25, 0.3) is 10.9 Å². The molecule has 0 spiro atoms. The van der Waals surface area contributed by atoms with Crippen LogP contribution in [0.5, 0.6) is 0 Å². The van der Waals surface area contributed by atoms with Crippen LogP contribution < -0.4 is 0 Å². The van der Waals surface area contributed by atoms with Crippen molar-refractivity contribution in [2.45, 2.75) is 45.6 Å². The van der Waals surface area contributed by atoms with Gasteiger partial charge < -0.3 is 9.84 Å². The minimum absolute atomic E-state index is 0.0792. The summed E-state index contributed by atoms with van der Waals surface area (Å²) in [4.78, 5) is 23.1. The molecule has 0 unspecified atom stereocenters. The highest BCUT2D eigenvalue weighted by molar-refractivity contribution is 5.91. The number of fused-ring (bicyclic) bond motifs is 1. The van der Waals surface area contributed by atoms with Crippen molar-refractivity contribution in [3.05, 3.63) is 36.0 Å². The van der Waals surface area contributed by atoms with Crippen molar-refractivity contribution in [2.75, 3.05) is 0 Å². The van der Waals surface area contributed by atoms with Crippen molar-refractivity contribution in [2.24, 2.45) is 0 Å². The average molecular weight is 303 g/mol. The molecular weight excluding hydrogens is 282 g/mol. The Bertz CT molecular complexity index is 694. The number of carbonyl (C=O) groups excluding carboxylic acids is 1. The van der Waals surface area contributed by atoms with Crippen LogP contribution in [0.2, 0.25) is 0 Å². The van der Waals surface area contributed by atoms with Crippen LogP contribution in [0.3, 0.4) is 0 Å². The van der Waals surface area contributed by atoms with E-state index in [9.17, 15) is 9.59 Å². The number of carbonyl (C=O) groups is 2. The van der Waals surface area contributed by atoms with Gasteiger partial charge in [-0.05, 0) is 45.7 Å². The number of aryl methyl sites for hydroxylation is 1. The first kappa shape index (κ1) is 16.1. The Morgan fingerprint density at radius 3 is 2.55 bits per heavy atom. The molecule has 0 fully saturated rings. The van der Waals surface area contributed by atoms with Gasteiger partial charge in [0, 0.05) is 17.5 Å². The average Bonchev–Trinajstić information content (AvgIpc) is 2.74. The molecule has 5 heteroatoms. The predicted octanol–water partition coefficient (Wildman–Crippen LogP) is 3.83. The quantitative estimate of drug-likeness (QED) is 0.932. The van der Waals surface area contributed by atoms with E-state index in [0.717, 1.165) is 16.6 Å². The molecule has 22 heavy (non-hydrogen) atoms. The number of benzene rings is 1. The van der Waals surface area contributed by atoms with Crippen molar-refractivity contribution in [1.29, 1.82) is 0 Å². The molecule has 0 atom stereocenters. The van der Waals surface area contributed by atoms with E-state index in [4.69, 9.17) is 9.84 Å². The van der Waals surface area contributed by atoms with E-state index in [2.05, 4.69) is 0 Å². The summed E-state index contributed by atoms with van der Waals surface area (Å²) in [6.45, 7) is 5.46. The summed E-state index contributed by atoms with van der Waals surface area (Å²) >= 11 is 0. The molecule has 0 aliphatic rings. The van der Waals surface area contributed by atoms with Gasteiger partial charge in [0.25, 0.3) is 0 Å². The third-order valence-corrected chi connectivity index (χ3v) is 3.19. The van der Waals surface area contributed by atoms with E-state index in [0.29, 0.717) is 12.8 Å². The van der Waals surface area contributed by atoms with Gasteiger partial charge in [0.15, 0.2) is 0 Å². The minimum Gasteiger partial charge on any atom is -0.481 e. The van der Waals surface area contributed by atoms with Crippen molar-refractivity contribution in [3.63, 3.8) is 0 Å². The Morgan fingerprint density at radius 1 is 1.23 bits per heavy atom. The first-order chi connectivity index (χ1) is 10.3. The Hall–Kier alpha value is -2.30. The highest BCUT2D eigenvalue weighted by atomic mass is 16.6. The summed E-state index contributed by atoms with van der Waals surface area (Å²) in [6, 6.07) is 9.48. The van der Waals surface area contributed by atoms with Gasteiger partial charge in [0.1, 0.15) is 5.60 Å².